The molecule has 0 atom stereocenters. The minimum Gasteiger partial charge on any atom is -0.310 e. The van der Waals surface area contributed by atoms with Crippen LogP contribution in [0.5, 0.6) is 0 Å². The Morgan fingerprint density at radius 2 is 0.658 bits per heavy atom. The van der Waals surface area contributed by atoms with Crippen molar-refractivity contribution in [2.75, 3.05) is 9.80 Å². The first-order valence-electron chi connectivity index (χ1n) is 24.1. The van der Waals surface area contributed by atoms with Crippen molar-refractivity contribution in [1.82, 2.24) is 14.5 Å². The first kappa shape index (κ1) is 43.9. The molecule has 0 aliphatic rings. The predicted octanol–water partition coefficient (Wildman–Crippen LogP) is 16.9. The second-order valence-corrected chi connectivity index (χ2v) is 17.7. The molecule has 0 saturated carbocycles. The number of hydrogen-bond donors (Lipinski definition) is 0. The van der Waals surface area contributed by atoms with E-state index in [1.54, 1.807) is 24.3 Å². The lowest BCUT2D eigenvalue weighted by atomic mass is 10.0. The molecule has 2 aromatic heterocycles. The zero-order chi connectivity index (χ0) is 49.1. The summed E-state index contributed by atoms with van der Waals surface area (Å²) in [5.74, 6) is 0.549. The summed E-state index contributed by atoms with van der Waals surface area (Å²) in [7, 11) is 0. The Morgan fingerprint density at radius 1 is 0.315 bits per heavy atom. The molecule has 2 heterocycles. The fourth-order valence-electron chi connectivity index (χ4n) is 9.68. The Balaban J connectivity index is 0.942. The monoisotopic (exact) mass is 933 g/mol. The Kier molecular flexibility index (Phi) is 11.6. The molecule has 0 N–H and O–H groups in total. The molecule has 342 valence electrons. The average molecular weight is 934 g/mol. The molecule has 0 unspecified atom stereocenters. The molecule has 12 aromatic rings. The van der Waals surface area contributed by atoms with Crippen LogP contribution in [0.2, 0.25) is 0 Å². The van der Waals surface area contributed by atoms with Gasteiger partial charge in [0.15, 0.2) is 5.82 Å². The summed E-state index contributed by atoms with van der Waals surface area (Å²) in [5, 5.41) is 21.1. The van der Waals surface area contributed by atoms with Gasteiger partial charge in [0.05, 0.1) is 45.7 Å². The molecule has 0 aliphatic carbocycles. The largest absolute Gasteiger partial charge is 0.310 e. The number of aromatic nitrogens is 3. The van der Waals surface area contributed by atoms with Crippen LogP contribution in [0.3, 0.4) is 0 Å². The van der Waals surface area contributed by atoms with Gasteiger partial charge in [-0.3, -0.25) is 0 Å². The number of nitriles is 2. The van der Waals surface area contributed by atoms with Gasteiger partial charge in [-0.05, 0) is 151 Å². The fourth-order valence-corrected chi connectivity index (χ4v) is 9.68. The summed E-state index contributed by atoms with van der Waals surface area (Å²) in [5.41, 5.74) is 17.1. The summed E-state index contributed by atoms with van der Waals surface area (Å²) in [6.45, 7) is 0. The van der Waals surface area contributed by atoms with Gasteiger partial charge in [-0.1, -0.05) is 121 Å². The van der Waals surface area contributed by atoms with E-state index in [0.717, 1.165) is 101 Å². The highest BCUT2D eigenvalue weighted by molar-refractivity contribution is 6.12. The summed E-state index contributed by atoms with van der Waals surface area (Å²) >= 11 is 0. The molecule has 0 bridgehead atoms. The molecule has 0 saturated heterocycles. The molecular formula is C66H43N7. The lowest BCUT2D eigenvalue weighted by Crippen LogP contribution is -2.09. The van der Waals surface area contributed by atoms with E-state index in [4.69, 9.17) is 9.97 Å². The van der Waals surface area contributed by atoms with Gasteiger partial charge in [0.1, 0.15) is 0 Å². The molecule has 10 aromatic carbocycles. The maximum absolute atomic E-state index is 9.43. The number of para-hydroxylation sites is 4. The van der Waals surface area contributed by atoms with Crippen molar-refractivity contribution < 1.29 is 0 Å². The lowest BCUT2D eigenvalue weighted by Gasteiger charge is -2.26. The molecule has 0 spiro atoms. The van der Waals surface area contributed by atoms with E-state index in [0.29, 0.717) is 17.0 Å². The van der Waals surface area contributed by atoms with Gasteiger partial charge >= 0.3 is 0 Å². The van der Waals surface area contributed by atoms with Crippen molar-refractivity contribution in [2.24, 2.45) is 0 Å². The summed E-state index contributed by atoms with van der Waals surface area (Å²) in [4.78, 5) is 14.6. The predicted molar refractivity (Wildman–Crippen MR) is 297 cm³/mol. The number of rotatable bonds is 11. The molecule has 73 heavy (non-hydrogen) atoms. The maximum Gasteiger partial charge on any atom is 0.160 e. The topological polar surface area (TPSA) is 84.8 Å². The molecule has 7 heteroatoms. The smallest absolute Gasteiger partial charge is 0.160 e. The first-order chi connectivity index (χ1) is 36.1. The van der Waals surface area contributed by atoms with Crippen molar-refractivity contribution in [3.05, 3.63) is 272 Å². The summed E-state index contributed by atoms with van der Waals surface area (Å²) < 4.78 is 2.38. The number of fused-ring (bicyclic) bond motifs is 3. The van der Waals surface area contributed by atoms with E-state index in [1.807, 2.05) is 30.3 Å². The van der Waals surface area contributed by atoms with Crippen molar-refractivity contribution in [3.63, 3.8) is 0 Å². The van der Waals surface area contributed by atoms with Gasteiger partial charge < -0.3 is 14.4 Å². The maximum atomic E-state index is 9.43. The molecule has 0 fully saturated rings. The van der Waals surface area contributed by atoms with E-state index in [9.17, 15) is 10.5 Å². The number of benzene rings is 10. The average Bonchev–Trinajstić information content (AvgIpc) is 3.79. The van der Waals surface area contributed by atoms with E-state index < -0.39 is 0 Å². The fraction of sp³-hybridized carbons (Fsp3) is 0. The highest BCUT2D eigenvalue weighted by atomic mass is 15.1. The standard InChI is InChI=1S/C66H43N7/c67-44-46-21-25-50(26-22-46)62-43-63(70-66(69-62)52-27-23-47(45-68)24-28-52)51-31-29-48(30-32-51)49-33-35-57(36-34-49)73-64-39-37-58(71(53-13-5-1-6-14-53)54-15-7-2-8-16-54)41-60(64)61-42-59(38-40-65(61)73)72(55-17-9-3-10-18-55)56-19-11-4-12-20-56/h1-43H. The van der Waals surface area contributed by atoms with Crippen LogP contribution in [0.4, 0.5) is 34.1 Å². The number of anilines is 6. The van der Waals surface area contributed by atoms with Crippen molar-refractivity contribution in [2.45, 2.75) is 0 Å². The van der Waals surface area contributed by atoms with Gasteiger partial charge in [-0.2, -0.15) is 10.5 Å². The van der Waals surface area contributed by atoms with E-state index >= 15 is 0 Å². The Bertz CT molecular complexity index is 3700. The van der Waals surface area contributed by atoms with Crippen molar-refractivity contribution >= 4 is 55.9 Å². The van der Waals surface area contributed by atoms with Crippen molar-refractivity contribution in [3.8, 4) is 62.9 Å². The Morgan fingerprint density at radius 3 is 1.04 bits per heavy atom. The minimum absolute atomic E-state index is 0.549. The quantitative estimate of drug-likeness (QED) is 0.128. The summed E-state index contributed by atoms with van der Waals surface area (Å²) in [6, 6.07) is 94.2. The van der Waals surface area contributed by atoms with Gasteiger partial charge in [0.25, 0.3) is 0 Å². The van der Waals surface area contributed by atoms with Crippen LogP contribution < -0.4 is 9.80 Å². The zero-order valence-corrected chi connectivity index (χ0v) is 39.5. The van der Waals surface area contributed by atoms with Gasteiger partial charge in [-0.25, -0.2) is 9.97 Å². The molecule has 0 aliphatic heterocycles. The Labute approximate surface area is 423 Å². The molecule has 12 rings (SSSR count). The van der Waals surface area contributed by atoms with E-state index in [1.165, 1.54) is 0 Å². The van der Waals surface area contributed by atoms with Gasteiger partial charge in [0.2, 0.25) is 0 Å². The van der Waals surface area contributed by atoms with Gasteiger partial charge in [0, 0.05) is 67.3 Å². The van der Waals surface area contributed by atoms with Crippen LogP contribution in [0.1, 0.15) is 11.1 Å². The van der Waals surface area contributed by atoms with E-state index in [2.05, 4.69) is 233 Å². The van der Waals surface area contributed by atoms with Crippen LogP contribution in [-0.2, 0) is 0 Å². The summed E-state index contributed by atoms with van der Waals surface area (Å²) in [6.07, 6.45) is 0. The Hall–Kier alpha value is -10.3. The molecule has 7 nitrogen and oxygen atoms in total. The van der Waals surface area contributed by atoms with Gasteiger partial charge in [-0.15, -0.1) is 0 Å². The number of nitrogens with zero attached hydrogens (tertiary/aromatic N) is 7. The third-order valence-electron chi connectivity index (χ3n) is 13.3. The van der Waals surface area contributed by atoms with E-state index in [-0.39, 0.29) is 0 Å². The normalized spacial score (nSPS) is 11.0. The highest BCUT2D eigenvalue weighted by Gasteiger charge is 2.20. The highest BCUT2D eigenvalue weighted by Crippen LogP contribution is 2.43. The van der Waals surface area contributed by atoms with Crippen molar-refractivity contribution in [1.29, 1.82) is 10.5 Å². The lowest BCUT2D eigenvalue weighted by molar-refractivity contribution is 1.18. The van der Waals surface area contributed by atoms with Crippen LogP contribution >= 0.6 is 0 Å². The van der Waals surface area contributed by atoms with Crippen LogP contribution in [0.15, 0.2) is 261 Å². The second-order valence-electron chi connectivity index (χ2n) is 17.7. The molecule has 0 amide bonds. The van der Waals surface area contributed by atoms with Crippen LogP contribution in [-0.4, -0.2) is 14.5 Å². The molecule has 0 radical (unpaired) electrons. The van der Waals surface area contributed by atoms with Crippen LogP contribution in [0.25, 0.3) is 72.5 Å². The third-order valence-corrected chi connectivity index (χ3v) is 13.3. The third kappa shape index (κ3) is 8.61. The zero-order valence-electron chi connectivity index (χ0n) is 39.5. The van der Waals surface area contributed by atoms with Crippen LogP contribution in [0, 0.1) is 22.7 Å². The minimum atomic E-state index is 0.549. The first-order valence-corrected chi connectivity index (χ1v) is 24.1. The SMILES string of the molecule is N#Cc1ccc(-c2cc(-c3ccc(-c4ccc(-n5c6ccc(N(c7ccccc7)c7ccccc7)cc6c6cc(N(c7ccccc7)c7ccccc7)ccc65)cc4)cc3)nc(-c3ccc(C#N)cc3)n2)cc1. The molecular weight excluding hydrogens is 891 g/mol. The number of hydrogen-bond acceptors (Lipinski definition) is 6. The second kappa shape index (κ2) is 19.2.